The van der Waals surface area contributed by atoms with Gasteiger partial charge in [0.1, 0.15) is 0 Å². The van der Waals surface area contributed by atoms with Crippen molar-refractivity contribution in [3.63, 3.8) is 0 Å². The molecule has 1 aliphatic heterocycles. The van der Waals surface area contributed by atoms with Gasteiger partial charge in [-0.25, -0.2) is 13.4 Å². The van der Waals surface area contributed by atoms with E-state index in [1.807, 2.05) is 24.0 Å². The quantitative estimate of drug-likeness (QED) is 0.400. The van der Waals surface area contributed by atoms with Crippen molar-refractivity contribution in [1.29, 1.82) is 0 Å². The van der Waals surface area contributed by atoms with Gasteiger partial charge in [0.2, 0.25) is 5.88 Å². The van der Waals surface area contributed by atoms with Gasteiger partial charge in [0, 0.05) is 38.9 Å². The fourth-order valence-electron chi connectivity index (χ4n) is 2.63. The zero-order valence-corrected chi connectivity index (χ0v) is 18.3. The topological polar surface area (TPSA) is 83.9 Å². The number of pyridine rings is 1. The molecule has 0 radical (unpaired) electrons. The number of hydrogen-bond acceptors (Lipinski definition) is 5. The Labute approximate surface area is 167 Å². The summed E-state index contributed by atoms with van der Waals surface area (Å²) in [6.07, 6.45) is 1.71. The van der Waals surface area contributed by atoms with E-state index in [2.05, 4.69) is 15.3 Å². The normalized spacial score (nSPS) is 19.0. The van der Waals surface area contributed by atoms with Crippen LogP contribution < -0.4 is 10.1 Å². The molecule has 0 spiro atoms. The molecule has 142 valence electrons. The van der Waals surface area contributed by atoms with Crippen LogP contribution in [0.25, 0.3) is 0 Å². The van der Waals surface area contributed by atoms with Gasteiger partial charge in [-0.15, -0.1) is 24.0 Å². The Morgan fingerprint density at radius 3 is 2.80 bits per heavy atom. The lowest BCUT2D eigenvalue weighted by molar-refractivity contribution is 0.326. The van der Waals surface area contributed by atoms with Crippen LogP contribution in [0.15, 0.2) is 23.3 Å². The molecule has 1 N–H and O–H groups in total. The molecule has 1 aromatic heterocycles. The molecule has 1 fully saturated rings. The zero-order valence-electron chi connectivity index (χ0n) is 15.2. The van der Waals surface area contributed by atoms with Crippen molar-refractivity contribution in [2.45, 2.75) is 32.1 Å². The van der Waals surface area contributed by atoms with Crippen LogP contribution >= 0.6 is 24.0 Å². The highest BCUT2D eigenvalue weighted by atomic mass is 127. The number of nitrogens with one attached hydrogen (secondary N) is 1. The van der Waals surface area contributed by atoms with Crippen LogP contribution in [0.2, 0.25) is 0 Å². The summed E-state index contributed by atoms with van der Waals surface area (Å²) in [6.45, 7) is 7.46. The molecule has 0 atom stereocenters. The van der Waals surface area contributed by atoms with Gasteiger partial charge in [-0.1, -0.05) is 0 Å². The zero-order chi connectivity index (χ0) is 17.8. The Kier molecular flexibility index (Phi) is 7.91. The Morgan fingerprint density at radius 1 is 1.48 bits per heavy atom. The number of nitrogens with zero attached hydrogens (tertiary/aromatic N) is 3. The lowest BCUT2D eigenvalue weighted by Gasteiger charge is -2.39. The van der Waals surface area contributed by atoms with E-state index in [9.17, 15) is 8.42 Å². The smallest absolute Gasteiger partial charge is 0.213 e. The summed E-state index contributed by atoms with van der Waals surface area (Å²) in [7, 11) is -1.36. The van der Waals surface area contributed by atoms with Crippen molar-refractivity contribution in [1.82, 2.24) is 15.2 Å². The van der Waals surface area contributed by atoms with Crippen LogP contribution in [0.4, 0.5) is 0 Å². The van der Waals surface area contributed by atoms with E-state index in [1.165, 1.54) is 0 Å². The molecule has 1 saturated heterocycles. The summed E-state index contributed by atoms with van der Waals surface area (Å²) >= 11 is 0. The van der Waals surface area contributed by atoms with Crippen molar-refractivity contribution >= 4 is 39.8 Å². The lowest BCUT2D eigenvalue weighted by atomic mass is 10.2. The molecule has 9 heteroatoms. The first-order valence-corrected chi connectivity index (χ1v) is 9.70. The maximum absolute atomic E-state index is 12.1. The number of halogens is 1. The fraction of sp³-hybridized carbons (Fsp3) is 0.625. The van der Waals surface area contributed by atoms with Crippen LogP contribution in [-0.4, -0.2) is 61.5 Å². The summed E-state index contributed by atoms with van der Waals surface area (Å²) in [4.78, 5) is 10.4. The number of aromatic nitrogens is 1. The number of ether oxygens (including phenoxy) is 1. The third-order valence-electron chi connectivity index (χ3n) is 4.10. The maximum atomic E-state index is 12.1. The van der Waals surface area contributed by atoms with E-state index in [1.54, 1.807) is 27.1 Å². The summed E-state index contributed by atoms with van der Waals surface area (Å²) in [5, 5.41) is 3.29. The summed E-state index contributed by atoms with van der Waals surface area (Å²) in [6, 6.07) is 3.79. The van der Waals surface area contributed by atoms with Gasteiger partial charge in [-0.05, 0) is 32.4 Å². The highest BCUT2D eigenvalue weighted by Crippen LogP contribution is 2.23. The van der Waals surface area contributed by atoms with Crippen LogP contribution in [0.5, 0.6) is 5.88 Å². The fourth-order valence-corrected chi connectivity index (χ4v) is 3.99. The Hall–Kier alpha value is -1.10. The second-order valence-corrected chi connectivity index (χ2v) is 9.08. The predicted molar refractivity (Wildman–Crippen MR) is 110 cm³/mol. The van der Waals surface area contributed by atoms with Gasteiger partial charge in [-0.3, -0.25) is 4.99 Å². The van der Waals surface area contributed by atoms with Gasteiger partial charge >= 0.3 is 0 Å². The monoisotopic (exact) mass is 482 g/mol. The molecule has 0 bridgehead atoms. The van der Waals surface area contributed by atoms with Gasteiger partial charge in [-0.2, -0.15) is 0 Å². The Balaban J connectivity index is 0.00000312. The molecular weight excluding hydrogens is 455 g/mol. The third kappa shape index (κ3) is 5.44. The van der Waals surface area contributed by atoms with Crippen LogP contribution in [-0.2, 0) is 16.4 Å². The first-order valence-electron chi connectivity index (χ1n) is 8.04. The van der Waals surface area contributed by atoms with Gasteiger partial charge < -0.3 is 15.0 Å². The van der Waals surface area contributed by atoms with Crippen LogP contribution in [0, 0.1) is 0 Å². The molecule has 2 rings (SSSR count). The largest absolute Gasteiger partial charge is 0.478 e. The SMILES string of the molecule is CCOc1cc(CNC(=NC)N2CCS(=O)(=O)C(C)(C)C2)ccn1.I. The molecule has 0 unspecified atom stereocenters. The second-order valence-electron chi connectivity index (χ2n) is 6.34. The van der Waals surface area contributed by atoms with Crippen molar-refractivity contribution in [2.24, 2.45) is 4.99 Å². The van der Waals surface area contributed by atoms with Gasteiger partial charge in [0.25, 0.3) is 0 Å². The summed E-state index contributed by atoms with van der Waals surface area (Å²) in [5.74, 6) is 1.44. The maximum Gasteiger partial charge on any atom is 0.213 e. The van der Waals surface area contributed by atoms with E-state index >= 15 is 0 Å². The minimum Gasteiger partial charge on any atom is -0.478 e. The molecule has 2 heterocycles. The minimum atomic E-state index is -3.06. The average Bonchev–Trinajstić information content (AvgIpc) is 2.52. The van der Waals surface area contributed by atoms with Crippen molar-refractivity contribution in [3.05, 3.63) is 23.9 Å². The number of rotatable bonds is 4. The average molecular weight is 482 g/mol. The number of aliphatic imine (C=N–C) groups is 1. The summed E-state index contributed by atoms with van der Waals surface area (Å²) in [5.41, 5.74) is 1.03. The Morgan fingerprint density at radius 2 is 2.20 bits per heavy atom. The molecular formula is C16H27IN4O3S. The molecule has 0 saturated carbocycles. The first-order chi connectivity index (χ1) is 11.3. The highest BCUT2D eigenvalue weighted by Gasteiger charge is 2.40. The molecule has 7 nitrogen and oxygen atoms in total. The predicted octanol–water partition coefficient (Wildman–Crippen LogP) is 1.68. The number of guanidine groups is 1. The highest BCUT2D eigenvalue weighted by molar-refractivity contribution is 14.0. The van der Waals surface area contributed by atoms with E-state index in [0.717, 1.165) is 5.56 Å². The van der Waals surface area contributed by atoms with Crippen molar-refractivity contribution in [2.75, 3.05) is 32.5 Å². The molecule has 0 aliphatic carbocycles. The standard InChI is InChI=1S/C16H26N4O3S.HI/c1-5-23-14-10-13(6-7-18-14)11-19-15(17-4)20-8-9-24(21,22)16(2,3)12-20;/h6-7,10H,5,8-9,11-12H2,1-4H3,(H,17,19);1H. The second kappa shape index (κ2) is 9.02. The molecule has 1 aliphatic rings. The molecule has 0 amide bonds. The molecule has 1 aromatic rings. The van der Waals surface area contributed by atoms with Gasteiger partial charge in [0.05, 0.1) is 17.1 Å². The van der Waals surface area contributed by atoms with E-state index < -0.39 is 14.6 Å². The molecule has 0 aromatic carbocycles. The van der Waals surface area contributed by atoms with E-state index in [4.69, 9.17) is 4.74 Å². The van der Waals surface area contributed by atoms with Crippen LogP contribution in [0.3, 0.4) is 0 Å². The van der Waals surface area contributed by atoms with E-state index in [-0.39, 0.29) is 29.7 Å². The van der Waals surface area contributed by atoms with Crippen molar-refractivity contribution < 1.29 is 13.2 Å². The number of hydrogen-bond donors (Lipinski definition) is 1. The van der Waals surface area contributed by atoms with Gasteiger partial charge in [0.15, 0.2) is 15.8 Å². The Bertz CT molecular complexity index is 707. The number of sulfone groups is 1. The first kappa shape index (κ1) is 21.9. The van der Waals surface area contributed by atoms with Crippen molar-refractivity contribution in [3.8, 4) is 5.88 Å². The minimum absolute atomic E-state index is 0. The summed E-state index contributed by atoms with van der Waals surface area (Å²) < 4.78 is 28.9. The molecule has 25 heavy (non-hydrogen) atoms. The van der Waals surface area contributed by atoms with E-state index in [0.29, 0.717) is 38.1 Å². The van der Waals surface area contributed by atoms with Crippen LogP contribution in [0.1, 0.15) is 26.3 Å². The lowest BCUT2D eigenvalue weighted by Crippen LogP contribution is -2.57. The third-order valence-corrected chi connectivity index (χ3v) is 6.63.